The molecule has 5 heteroatoms. The Morgan fingerprint density at radius 1 is 1.26 bits per heavy atom. The summed E-state index contributed by atoms with van der Waals surface area (Å²) < 4.78 is 6.84. The van der Waals surface area contributed by atoms with Crippen LogP contribution in [0.1, 0.15) is 38.8 Å². The van der Waals surface area contributed by atoms with E-state index in [-0.39, 0.29) is 11.9 Å². The molecule has 0 aliphatic carbocycles. The Balaban J connectivity index is 3.28. The Morgan fingerprint density at radius 3 is 2.39 bits per heavy atom. The molecule has 0 bridgehead atoms. The normalized spacial score (nSPS) is 13.0. The summed E-state index contributed by atoms with van der Waals surface area (Å²) in [6.07, 6.45) is 0. The van der Waals surface area contributed by atoms with Crippen molar-refractivity contribution >= 4 is 40.4 Å². The molecule has 0 saturated heterocycles. The molecule has 1 aromatic rings. The third-order valence-electron chi connectivity index (χ3n) is 3.57. The molecule has 23 heavy (non-hydrogen) atoms. The molecular weight excluding hydrogens is 403 g/mol. The largest absolute Gasteiger partial charge is 0.466 e. The molecule has 1 rings (SSSR count). The fourth-order valence-corrected chi connectivity index (χ4v) is 2.85. The standard InChI is InChI=1S/C18H25IN2O2/c1-11(2)17(14(5)18(22)23-7)20-15(6)21(19)16-10-12(3)8-9-13(16)4/h8-11H,1-7H3/b17-14+,20-15?. The number of hydrogen-bond acceptors (Lipinski definition) is 3. The number of aliphatic imine (C=N–C) groups is 1. The Bertz CT molecular complexity index is 648. The molecule has 126 valence electrons. The zero-order chi connectivity index (χ0) is 17.7. The van der Waals surface area contributed by atoms with E-state index in [4.69, 9.17) is 9.73 Å². The molecule has 0 unspecified atom stereocenters. The van der Waals surface area contributed by atoms with E-state index < -0.39 is 0 Å². The maximum absolute atomic E-state index is 11.8. The number of halogens is 1. The van der Waals surface area contributed by atoms with Gasteiger partial charge in [0.1, 0.15) is 5.84 Å². The van der Waals surface area contributed by atoms with Gasteiger partial charge in [0.15, 0.2) is 0 Å². The summed E-state index contributed by atoms with van der Waals surface area (Å²) in [4.78, 5) is 16.5. The Kier molecular flexibility index (Phi) is 7.25. The fraction of sp³-hybridized carbons (Fsp3) is 0.444. The summed E-state index contributed by atoms with van der Waals surface area (Å²) in [6, 6.07) is 6.33. The molecule has 0 aromatic heterocycles. The van der Waals surface area contributed by atoms with E-state index in [1.807, 2.05) is 23.9 Å². The number of allylic oxidation sites excluding steroid dienone is 1. The minimum atomic E-state index is -0.336. The highest BCUT2D eigenvalue weighted by Crippen LogP contribution is 2.26. The monoisotopic (exact) mass is 428 g/mol. The van der Waals surface area contributed by atoms with Crippen LogP contribution in [0, 0.1) is 19.8 Å². The van der Waals surface area contributed by atoms with Crippen molar-refractivity contribution in [3.8, 4) is 0 Å². The molecule has 0 radical (unpaired) electrons. The van der Waals surface area contributed by atoms with Crippen molar-refractivity contribution in [2.45, 2.75) is 41.5 Å². The number of carbonyl (C=O) groups excluding carboxylic acids is 1. The number of methoxy groups -OCH3 is 1. The van der Waals surface area contributed by atoms with Gasteiger partial charge >= 0.3 is 5.97 Å². The lowest BCUT2D eigenvalue weighted by molar-refractivity contribution is -0.136. The smallest absolute Gasteiger partial charge is 0.335 e. The summed E-state index contributed by atoms with van der Waals surface area (Å²) in [7, 11) is 1.39. The Morgan fingerprint density at radius 2 is 1.87 bits per heavy atom. The van der Waals surface area contributed by atoms with Gasteiger partial charge < -0.3 is 4.74 Å². The van der Waals surface area contributed by atoms with E-state index in [2.05, 4.69) is 54.9 Å². The minimum absolute atomic E-state index is 0.132. The van der Waals surface area contributed by atoms with Gasteiger partial charge in [-0.05, 0) is 50.8 Å². The highest BCUT2D eigenvalue weighted by Gasteiger charge is 2.16. The first kappa shape index (κ1) is 19.7. The van der Waals surface area contributed by atoms with Gasteiger partial charge in [-0.15, -0.1) is 0 Å². The maximum atomic E-state index is 11.8. The highest BCUT2D eigenvalue weighted by atomic mass is 127. The number of benzene rings is 1. The van der Waals surface area contributed by atoms with E-state index in [9.17, 15) is 4.79 Å². The van der Waals surface area contributed by atoms with E-state index in [1.54, 1.807) is 6.92 Å². The van der Waals surface area contributed by atoms with Gasteiger partial charge in [0, 0.05) is 0 Å². The molecule has 1 aromatic carbocycles. The highest BCUT2D eigenvalue weighted by molar-refractivity contribution is 14.1. The van der Waals surface area contributed by atoms with Gasteiger partial charge in [0.2, 0.25) is 0 Å². The van der Waals surface area contributed by atoms with Crippen LogP contribution in [0.5, 0.6) is 0 Å². The molecule has 0 amide bonds. The SMILES string of the molecule is COC(=O)/C(C)=C(/N=C(C)N(I)c1cc(C)ccc1C)C(C)C. The molecule has 0 fully saturated rings. The predicted molar refractivity (Wildman–Crippen MR) is 105 cm³/mol. The number of rotatable bonds is 4. The number of anilines is 1. The molecule has 0 aliphatic rings. The molecule has 4 nitrogen and oxygen atoms in total. The van der Waals surface area contributed by atoms with Crippen molar-refractivity contribution in [3.63, 3.8) is 0 Å². The third-order valence-corrected chi connectivity index (χ3v) is 4.78. The third kappa shape index (κ3) is 5.06. The second-order valence-electron chi connectivity index (χ2n) is 5.89. The van der Waals surface area contributed by atoms with Crippen molar-refractivity contribution < 1.29 is 9.53 Å². The number of ether oxygens (including phenoxy) is 1. The van der Waals surface area contributed by atoms with Gasteiger partial charge in [0.25, 0.3) is 0 Å². The van der Waals surface area contributed by atoms with Crippen LogP contribution in [0.2, 0.25) is 0 Å². The van der Waals surface area contributed by atoms with Crippen LogP contribution in [0.3, 0.4) is 0 Å². The number of aryl methyl sites for hydroxylation is 2. The van der Waals surface area contributed by atoms with Crippen LogP contribution < -0.4 is 3.11 Å². The lowest BCUT2D eigenvalue weighted by atomic mass is 10.1. The van der Waals surface area contributed by atoms with Gasteiger partial charge in [0.05, 0.1) is 46.9 Å². The van der Waals surface area contributed by atoms with E-state index >= 15 is 0 Å². The molecule has 0 saturated carbocycles. The van der Waals surface area contributed by atoms with Crippen LogP contribution in [0.25, 0.3) is 0 Å². The summed E-state index contributed by atoms with van der Waals surface area (Å²) in [5.41, 5.74) is 4.78. The quantitative estimate of drug-likeness (QED) is 0.170. The second-order valence-corrected chi connectivity index (χ2v) is 6.85. The Labute approximate surface area is 153 Å². The summed E-state index contributed by atoms with van der Waals surface area (Å²) in [6.45, 7) is 11.9. The van der Waals surface area contributed by atoms with Gasteiger partial charge in [-0.2, -0.15) is 0 Å². The zero-order valence-corrected chi connectivity index (χ0v) is 17.1. The summed E-state index contributed by atoms with van der Waals surface area (Å²) in [5.74, 6) is 0.621. The average molecular weight is 428 g/mol. The van der Waals surface area contributed by atoms with Crippen molar-refractivity contribution in [3.05, 3.63) is 40.6 Å². The number of hydrogen-bond donors (Lipinski definition) is 0. The maximum Gasteiger partial charge on any atom is 0.335 e. The van der Waals surface area contributed by atoms with Crippen molar-refractivity contribution in [1.29, 1.82) is 0 Å². The van der Waals surface area contributed by atoms with Gasteiger partial charge in [-0.1, -0.05) is 26.0 Å². The first-order valence-corrected chi connectivity index (χ1v) is 8.53. The van der Waals surface area contributed by atoms with E-state index in [0.29, 0.717) is 5.57 Å². The second kappa shape index (κ2) is 8.47. The zero-order valence-electron chi connectivity index (χ0n) is 14.9. The number of carbonyl (C=O) groups is 1. The van der Waals surface area contributed by atoms with Crippen molar-refractivity contribution in [2.75, 3.05) is 10.2 Å². The molecule has 0 heterocycles. The topological polar surface area (TPSA) is 41.9 Å². The molecule has 0 atom stereocenters. The molecule has 0 aliphatic heterocycles. The van der Waals surface area contributed by atoms with Crippen LogP contribution in [0.4, 0.5) is 5.69 Å². The first-order valence-electron chi connectivity index (χ1n) is 7.56. The minimum Gasteiger partial charge on any atom is -0.466 e. The molecule has 0 spiro atoms. The van der Waals surface area contributed by atoms with Crippen molar-refractivity contribution in [1.82, 2.24) is 0 Å². The van der Waals surface area contributed by atoms with Crippen LogP contribution in [0.15, 0.2) is 34.5 Å². The first-order chi connectivity index (χ1) is 10.7. The van der Waals surface area contributed by atoms with Crippen LogP contribution in [-0.2, 0) is 9.53 Å². The number of nitrogens with zero attached hydrogens (tertiary/aromatic N) is 2. The van der Waals surface area contributed by atoms with Crippen LogP contribution >= 0.6 is 22.9 Å². The van der Waals surface area contributed by atoms with Gasteiger partial charge in [-0.25, -0.2) is 9.79 Å². The van der Waals surface area contributed by atoms with Crippen LogP contribution in [-0.4, -0.2) is 18.9 Å². The number of esters is 1. The average Bonchev–Trinajstić information content (AvgIpc) is 2.52. The number of amidine groups is 1. The molecule has 0 N–H and O–H groups in total. The van der Waals surface area contributed by atoms with E-state index in [0.717, 1.165) is 17.2 Å². The lowest BCUT2D eigenvalue weighted by Gasteiger charge is -2.20. The van der Waals surface area contributed by atoms with E-state index in [1.165, 1.54) is 18.2 Å². The predicted octanol–water partition coefficient (Wildman–Crippen LogP) is 4.98. The van der Waals surface area contributed by atoms with Crippen molar-refractivity contribution in [2.24, 2.45) is 10.9 Å². The van der Waals surface area contributed by atoms with Gasteiger partial charge in [-0.3, -0.25) is 3.11 Å². The fourth-order valence-electron chi connectivity index (χ4n) is 2.23. The Hall–Kier alpha value is -1.37. The summed E-state index contributed by atoms with van der Waals surface area (Å²) >= 11 is 2.25. The lowest BCUT2D eigenvalue weighted by Crippen LogP contribution is -2.19. The summed E-state index contributed by atoms with van der Waals surface area (Å²) in [5, 5.41) is 0. The molecular formula is C18H25IN2O2.